The van der Waals surface area contributed by atoms with Crippen molar-refractivity contribution in [1.29, 1.82) is 0 Å². The van der Waals surface area contributed by atoms with Crippen molar-refractivity contribution >= 4 is 0 Å². The Morgan fingerprint density at radius 3 is 2.61 bits per heavy atom. The van der Waals surface area contributed by atoms with Gasteiger partial charge in [-0.1, -0.05) is 30.3 Å². The van der Waals surface area contributed by atoms with Crippen molar-refractivity contribution < 1.29 is 9.52 Å². The largest absolute Gasteiger partial charge is 0.468 e. The monoisotopic (exact) mass is 245 g/mol. The van der Waals surface area contributed by atoms with Gasteiger partial charge in [0.2, 0.25) is 0 Å². The van der Waals surface area contributed by atoms with Crippen molar-refractivity contribution in [3.63, 3.8) is 0 Å². The molecule has 1 aromatic heterocycles. The molecule has 0 fully saturated rings. The summed E-state index contributed by atoms with van der Waals surface area (Å²) in [5.41, 5.74) is 2.36. The Bertz CT molecular complexity index is 464. The third kappa shape index (κ3) is 3.45. The maximum atomic E-state index is 9.39. The van der Waals surface area contributed by atoms with Crippen LogP contribution < -0.4 is 5.32 Å². The van der Waals surface area contributed by atoms with Crippen LogP contribution in [0.4, 0.5) is 0 Å². The van der Waals surface area contributed by atoms with E-state index in [1.54, 1.807) is 6.26 Å². The molecule has 0 unspecified atom stereocenters. The Kier molecular flexibility index (Phi) is 4.56. The van der Waals surface area contributed by atoms with E-state index in [9.17, 15) is 5.11 Å². The summed E-state index contributed by atoms with van der Waals surface area (Å²) in [7, 11) is 0. The number of furan rings is 1. The standard InChI is InChI=1S/C15H19NO2/c1-12-7-8-18-15(12)10-16-14(11-17)9-13-5-3-2-4-6-13/h2-8,14,16-17H,9-11H2,1H3/t14-/m0/s1. The Hall–Kier alpha value is -1.58. The Morgan fingerprint density at radius 2 is 2.00 bits per heavy atom. The molecule has 0 saturated carbocycles. The molecule has 2 aromatic rings. The lowest BCUT2D eigenvalue weighted by Gasteiger charge is -2.15. The molecule has 0 amide bonds. The number of aliphatic hydroxyl groups is 1. The molecule has 0 aliphatic heterocycles. The van der Waals surface area contributed by atoms with Crippen molar-refractivity contribution in [2.75, 3.05) is 6.61 Å². The molecule has 0 bridgehead atoms. The number of rotatable bonds is 6. The van der Waals surface area contributed by atoms with Crippen molar-refractivity contribution in [1.82, 2.24) is 5.32 Å². The first-order chi connectivity index (χ1) is 8.79. The number of benzene rings is 1. The molecule has 3 nitrogen and oxygen atoms in total. The van der Waals surface area contributed by atoms with E-state index in [4.69, 9.17) is 4.42 Å². The van der Waals surface area contributed by atoms with E-state index in [0.717, 1.165) is 17.7 Å². The zero-order chi connectivity index (χ0) is 12.8. The number of aryl methyl sites for hydroxylation is 1. The highest BCUT2D eigenvalue weighted by Gasteiger charge is 2.09. The highest BCUT2D eigenvalue weighted by Crippen LogP contribution is 2.09. The minimum Gasteiger partial charge on any atom is -0.468 e. The van der Waals surface area contributed by atoms with E-state index in [0.29, 0.717) is 6.54 Å². The van der Waals surface area contributed by atoms with Gasteiger partial charge in [-0.05, 0) is 30.5 Å². The second-order valence-corrected chi connectivity index (χ2v) is 4.48. The molecule has 18 heavy (non-hydrogen) atoms. The molecular formula is C15H19NO2. The molecule has 1 atom stereocenters. The highest BCUT2D eigenvalue weighted by atomic mass is 16.3. The van der Waals surface area contributed by atoms with Gasteiger partial charge >= 0.3 is 0 Å². The molecule has 2 N–H and O–H groups in total. The van der Waals surface area contributed by atoms with E-state index in [1.165, 1.54) is 5.56 Å². The van der Waals surface area contributed by atoms with Gasteiger partial charge in [0, 0.05) is 6.04 Å². The van der Waals surface area contributed by atoms with Crippen LogP contribution in [0.1, 0.15) is 16.9 Å². The molecule has 0 aliphatic carbocycles. The molecule has 0 radical (unpaired) electrons. The quantitative estimate of drug-likeness (QED) is 0.820. The maximum absolute atomic E-state index is 9.39. The van der Waals surface area contributed by atoms with Gasteiger partial charge in [-0.3, -0.25) is 0 Å². The predicted molar refractivity (Wildman–Crippen MR) is 71.3 cm³/mol. The maximum Gasteiger partial charge on any atom is 0.120 e. The van der Waals surface area contributed by atoms with Gasteiger partial charge in [-0.2, -0.15) is 0 Å². The fourth-order valence-electron chi connectivity index (χ4n) is 1.92. The molecular weight excluding hydrogens is 226 g/mol. The third-order valence-corrected chi connectivity index (χ3v) is 3.06. The topological polar surface area (TPSA) is 45.4 Å². The predicted octanol–water partition coefficient (Wildman–Crippen LogP) is 2.28. The van der Waals surface area contributed by atoms with Crippen molar-refractivity contribution in [2.24, 2.45) is 0 Å². The number of hydrogen-bond donors (Lipinski definition) is 2. The highest BCUT2D eigenvalue weighted by molar-refractivity contribution is 5.17. The van der Waals surface area contributed by atoms with Crippen LogP contribution in [0.25, 0.3) is 0 Å². The van der Waals surface area contributed by atoms with E-state index < -0.39 is 0 Å². The van der Waals surface area contributed by atoms with Crippen LogP contribution in [0.2, 0.25) is 0 Å². The van der Waals surface area contributed by atoms with E-state index in [2.05, 4.69) is 17.4 Å². The van der Waals surface area contributed by atoms with Crippen LogP contribution in [-0.4, -0.2) is 17.8 Å². The Balaban J connectivity index is 1.88. The number of hydrogen-bond acceptors (Lipinski definition) is 3. The fourth-order valence-corrected chi connectivity index (χ4v) is 1.92. The van der Waals surface area contributed by atoms with Crippen molar-refractivity contribution in [3.05, 3.63) is 59.5 Å². The molecule has 1 aromatic carbocycles. The van der Waals surface area contributed by atoms with E-state index >= 15 is 0 Å². The first kappa shape index (κ1) is 12.9. The lowest BCUT2D eigenvalue weighted by atomic mass is 10.1. The average molecular weight is 245 g/mol. The molecule has 3 heteroatoms. The summed E-state index contributed by atoms with van der Waals surface area (Å²) >= 11 is 0. The second kappa shape index (κ2) is 6.38. The fraction of sp³-hybridized carbons (Fsp3) is 0.333. The van der Waals surface area contributed by atoms with E-state index in [1.807, 2.05) is 31.2 Å². The molecule has 0 saturated heterocycles. The summed E-state index contributed by atoms with van der Waals surface area (Å²) in [5.74, 6) is 0.932. The van der Waals surface area contributed by atoms with Gasteiger partial charge in [0.1, 0.15) is 5.76 Å². The summed E-state index contributed by atoms with van der Waals surface area (Å²) in [6.45, 7) is 2.79. The minimum absolute atomic E-state index is 0.0527. The molecule has 96 valence electrons. The van der Waals surface area contributed by atoms with Gasteiger partial charge in [0.05, 0.1) is 19.4 Å². The van der Waals surface area contributed by atoms with Crippen LogP contribution in [0.15, 0.2) is 47.1 Å². The number of aliphatic hydroxyl groups excluding tert-OH is 1. The SMILES string of the molecule is Cc1ccoc1CN[C@H](CO)Cc1ccccc1. The molecule has 0 spiro atoms. The van der Waals surface area contributed by atoms with Gasteiger partial charge in [-0.25, -0.2) is 0 Å². The number of nitrogens with one attached hydrogen (secondary N) is 1. The zero-order valence-corrected chi connectivity index (χ0v) is 10.6. The lowest BCUT2D eigenvalue weighted by Crippen LogP contribution is -2.34. The summed E-state index contributed by atoms with van der Waals surface area (Å²) in [4.78, 5) is 0. The summed E-state index contributed by atoms with van der Waals surface area (Å²) < 4.78 is 5.37. The van der Waals surface area contributed by atoms with E-state index in [-0.39, 0.29) is 12.6 Å². The van der Waals surface area contributed by atoms with Gasteiger partial charge in [0.25, 0.3) is 0 Å². The van der Waals surface area contributed by atoms with Crippen LogP contribution >= 0.6 is 0 Å². The molecule has 0 aliphatic rings. The summed E-state index contributed by atoms with van der Waals surface area (Å²) in [6, 6.07) is 12.2. The Morgan fingerprint density at radius 1 is 1.22 bits per heavy atom. The van der Waals surface area contributed by atoms with Crippen LogP contribution in [0, 0.1) is 6.92 Å². The first-order valence-corrected chi connectivity index (χ1v) is 6.20. The summed E-state index contributed by atoms with van der Waals surface area (Å²) in [5, 5.41) is 12.7. The van der Waals surface area contributed by atoms with Crippen LogP contribution in [-0.2, 0) is 13.0 Å². The van der Waals surface area contributed by atoms with Gasteiger partial charge in [0.15, 0.2) is 0 Å². The Labute approximate surface area is 107 Å². The summed E-state index contributed by atoms with van der Waals surface area (Å²) in [6.07, 6.45) is 2.51. The minimum atomic E-state index is 0.0527. The van der Waals surface area contributed by atoms with Crippen molar-refractivity contribution in [2.45, 2.75) is 25.9 Å². The smallest absolute Gasteiger partial charge is 0.120 e. The molecule has 2 rings (SSSR count). The van der Waals surface area contributed by atoms with Gasteiger partial charge in [-0.15, -0.1) is 0 Å². The molecule has 1 heterocycles. The average Bonchev–Trinajstić information content (AvgIpc) is 2.81. The second-order valence-electron chi connectivity index (χ2n) is 4.48. The van der Waals surface area contributed by atoms with Crippen LogP contribution in [0.5, 0.6) is 0 Å². The lowest BCUT2D eigenvalue weighted by molar-refractivity contribution is 0.238. The zero-order valence-electron chi connectivity index (χ0n) is 10.6. The third-order valence-electron chi connectivity index (χ3n) is 3.06. The first-order valence-electron chi connectivity index (χ1n) is 6.20. The van der Waals surface area contributed by atoms with Crippen molar-refractivity contribution in [3.8, 4) is 0 Å². The van der Waals surface area contributed by atoms with Gasteiger partial charge < -0.3 is 14.8 Å². The normalized spacial score (nSPS) is 12.6. The van der Waals surface area contributed by atoms with Crippen LogP contribution in [0.3, 0.4) is 0 Å².